The highest BCUT2D eigenvalue weighted by Crippen LogP contribution is 2.20. The van der Waals surface area contributed by atoms with Gasteiger partial charge in [-0.1, -0.05) is 35.9 Å². The normalized spacial score (nSPS) is 11.5. The van der Waals surface area contributed by atoms with E-state index < -0.39 is 15.7 Å². The van der Waals surface area contributed by atoms with Crippen LogP contribution in [0.15, 0.2) is 42.5 Å². The van der Waals surface area contributed by atoms with Crippen molar-refractivity contribution in [3.8, 4) is 0 Å². The molecule has 106 valence electrons. The van der Waals surface area contributed by atoms with Gasteiger partial charge in [-0.2, -0.15) is 0 Å². The van der Waals surface area contributed by atoms with E-state index >= 15 is 0 Å². The Morgan fingerprint density at radius 3 is 2.45 bits per heavy atom. The van der Waals surface area contributed by atoms with E-state index in [1.807, 2.05) is 19.1 Å². The number of rotatable bonds is 4. The zero-order chi connectivity index (χ0) is 14.8. The summed E-state index contributed by atoms with van der Waals surface area (Å²) in [5.41, 5.74) is 7.53. The molecule has 0 fully saturated rings. The van der Waals surface area contributed by atoms with Crippen LogP contribution >= 0.6 is 0 Å². The van der Waals surface area contributed by atoms with Gasteiger partial charge in [-0.25, -0.2) is 12.8 Å². The second kappa shape index (κ2) is 5.63. The van der Waals surface area contributed by atoms with Crippen LogP contribution in [0.1, 0.15) is 16.7 Å². The molecule has 5 heteroatoms. The molecule has 0 aliphatic carbocycles. The Hall–Kier alpha value is -1.88. The Morgan fingerprint density at radius 1 is 1.10 bits per heavy atom. The molecule has 0 atom stereocenters. The maximum absolute atomic E-state index is 13.6. The average Bonchev–Trinajstić information content (AvgIpc) is 2.33. The highest BCUT2D eigenvalue weighted by molar-refractivity contribution is 7.89. The topological polar surface area (TPSA) is 60.2 Å². The van der Waals surface area contributed by atoms with Crippen LogP contribution in [-0.4, -0.2) is 8.42 Å². The summed E-state index contributed by atoms with van der Waals surface area (Å²) in [5.74, 6) is -1.10. The predicted molar refractivity (Wildman–Crippen MR) is 78.3 cm³/mol. The van der Waals surface area contributed by atoms with Crippen LogP contribution in [0.3, 0.4) is 0 Å². The van der Waals surface area contributed by atoms with Crippen molar-refractivity contribution in [1.29, 1.82) is 0 Å². The van der Waals surface area contributed by atoms with E-state index in [4.69, 9.17) is 5.73 Å². The lowest BCUT2D eigenvalue weighted by Gasteiger charge is -2.09. The van der Waals surface area contributed by atoms with Gasteiger partial charge in [0.05, 0.1) is 11.5 Å². The van der Waals surface area contributed by atoms with Crippen LogP contribution in [0, 0.1) is 12.7 Å². The summed E-state index contributed by atoms with van der Waals surface area (Å²) in [4.78, 5) is 0. The molecular weight excluding hydrogens is 277 g/mol. The molecule has 2 aromatic rings. The van der Waals surface area contributed by atoms with Crippen molar-refractivity contribution in [2.45, 2.75) is 18.4 Å². The molecular formula is C15H16FNO2S. The van der Waals surface area contributed by atoms with Crippen molar-refractivity contribution in [2.24, 2.45) is 0 Å². The minimum atomic E-state index is -3.47. The van der Waals surface area contributed by atoms with Crippen molar-refractivity contribution in [2.75, 3.05) is 5.73 Å². The number of hydrogen-bond acceptors (Lipinski definition) is 3. The molecule has 0 aliphatic heterocycles. The van der Waals surface area contributed by atoms with Crippen LogP contribution in [0.4, 0.5) is 10.1 Å². The van der Waals surface area contributed by atoms with Crippen LogP contribution in [0.2, 0.25) is 0 Å². The first-order valence-corrected chi connectivity index (χ1v) is 7.98. The average molecular weight is 293 g/mol. The van der Waals surface area contributed by atoms with E-state index in [1.165, 1.54) is 18.2 Å². The summed E-state index contributed by atoms with van der Waals surface area (Å²) in [5, 5.41) is 0. The molecule has 2 aromatic carbocycles. The number of benzene rings is 2. The third kappa shape index (κ3) is 3.57. The second-order valence-corrected chi connectivity index (χ2v) is 6.89. The molecule has 2 N–H and O–H groups in total. The fourth-order valence-corrected chi connectivity index (χ4v) is 3.59. The number of halogens is 1. The maximum Gasteiger partial charge on any atom is 0.158 e. The second-order valence-electron chi connectivity index (χ2n) is 4.83. The van der Waals surface area contributed by atoms with Crippen LogP contribution in [0.25, 0.3) is 0 Å². The molecule has 0 unspecified atom stereocenters. The molecule has 0 amide bonds. The number of aryl methyl sites for hydroxylation is 1. The van der Waals surface area contributed by atoms with Crippen molar-refractivity contribution >= 4 is 15.5 Å². The number of nitrogen functional groups attached to an aromatic ring is 1. The zero-order valence-corrected chi connectivity index (χ0v) is 12.0. The van der Waals surface area contributed by atoms with Gasteiger partial charge < -0.3 is 5.73 Å². The summed E-state index contributed by atoms with van der Waals surface area (Å²) in [6.45, 7) is 1.89. The lowest BCUT2D eigenvalue weighted by atomic mass is 10.2. The van der Waals surface area contributed by atoms with Gasteiger partial charge in [0.25, 0.3) is 0 Å². The largest absolute Gasteiger partial charge is 0.398 e. The van der Waals surface area contributed by atoms with E-state index in [-0.39, 0.29) is 22.8 Å². The van der Waals surface area contributed by atoms with Crippen LogP contribution in [-0.2, 0) is 21.3 Å². The van der Waals surface area contributed by atoms with Gasteiger partial charge in [0.1, 0.15) is 5.82 Å². The molecule has 0 aliphatic rings. The summed E-state index contributed by atoms with van der Waals surface area (Å²) in [6.07, 6.45) is 0. The minimum absolute atomic E-state index is 0.0418. The van der Waals surface area contributed by atoms with E-state index in [1.54, 1.807) is 12.1 Å². The molecule has 0 spiro atoms. The Morgan fingerprint density at radius 2 is 1.80 bits per heavy atom. The quantitative estimate of drug-likeness (QED) is 0.882. The van der Waals surface area contributed by atoms with Gasteiger partial charge >= 0.3 is 0 Å². The standard InChI is InChI=1S/C15H16FNO2S/c1-11-4-2-5-12(8-11)9-20(18,19)10-13-14(16)6-3-7-15(13)17/h2-8H,9-10,17H2,1H3. The summed E-state index contributed by atoms with van der Waals surface area (Å²) in [6, 6.07) is 11.4. The van der Waals surface area contributed by atoms with Gasteiger partial charge in [0.15, 0.2) is 9.84 Å². The van der Waals surface area contributed by atoms with Gasteiger partial charge in [-0.15, -0.1) is 0 Å². The first kappa shape index (κ1) is 14.5. The molecule has 0 bridgehead atoms. The molecule has 0 saturated carbocycles. The van der Waals surface area contributed by atoms with E-state index in [0.717, 1.165) is 5.56 Å². The Bertz CT molecular complexity index is 706. The fraction of sp³-hybridized carbons (Fsp3) is 0.200. The van der Waals surface area contributed by atoms with E-state index in [2.05, 4.69) is 0 Å². The summed E-state index contributed by atoms with van der Waals surface area (Å²) >= 11 is 0. The first-order valence-electron chi connectivity index (χ1n) is 6.16. The monoisotopic (exact) mass is 293 g/mol. The van der Waals surface area contributed by atoms with Crippen molar-refractivity contribution < 1.29 is 12.8 Å². The van der Waals surface area contributed by atoms with Crippen molar-refractivity contribution in [1.82, 2.24) is 0 Å². The minimum Gasteiger partial charge on any atom is -0.398 e. The number of nitrogens with two attached hydrogens (primary N) is 1. The zero-order valence-electron chi connectivity index (χ0n) is 11.1. The van der Waals surface area contributed by atoms with Crippen LogP contribution in [0.5, 0.6) is 0 Å². The highest BCUT2D eigenvalue weighted by Gasteiger charge is 2.17. The van der Waals surface area contributed by atoms with Crippen LogP contribution < -0.4 is 5.73 Å². The summed E-state index contributed by atoms with van der Waals surface area (Å²) < 4.78 is 38.0. The molecule has 0 heterocycles. The Balaban J connectivity index is 2.24. The lowest BCUT2D eigenvalue weighted by molar-refractivity contribution is 0.586. The number of anilines is 1. The SMILES string of the molecule is Cc1cccc(CS(=O)(=O)Cc2c(N)cccc2F)c1. The van der Waals surface area contributed by atoms with Gasteiger partial charge in [-0.05, 0) is 24.6 Å². The molecule has 3 nitrogen and oxygen atoms in total. The van der Waals surface area contributed by atoms with Gasteiger partial charge in [-0.3, -0.25) is 0 Å². The molecule has 0 radical (unpaired) electrons. The molecule has 0 saturated heterocycles. The Labute approximate surface area is 118 Å². The number of hydrogen-bond donors (Lipinski definition) is 1. The molecule has 0 aromatic heterocycles. The van der Waals surface area contributed by atoms with Crippen molar-refractivity contribution in [3.05, 3.63) is 65.0 Å². The molecule has 20 heavy (non-hydrogen) atoms. The smallest absolute Gasteiger partial charge is 0.158 e. The third-order valence-corrected chi connectivity index (χ3v) is 4.49. The fourth-order valence-electron chi connectivity index (χ4n) is 2.05. The lowest BCUT2D eigenvalue weighted by Crippen LogP contribution is -2.11. The number of sulfone groups is 1. The maximum atomic E-state index is 13.6. The highest BCUT2D eigenvalue weighted by atomic mass is 32.2. The van der Waals surface area contributed by atoms with Gasteiger partial charge in [0.2, 0.25) is 0 Å². The van der Waals surface area contributed by atoms with E-state index in [9.17, 15) is 12.8 Å². The Kier molecular flexibility index (Phi) is 4.09. The van der Waals surface area contributed by atoms with Crippen molar-refractivity contribution in [3.63, 3.8) is 0 Å². The molecule has 2 rings (SSSR count). The summed E-state index contributed by atoms with van der Waals surface area (Å²) in [7, 11) is -3.47. The van der Waals surface area contributed by atoms with Gasteiger partial charge in [0, 0.05) is 11.3 Å². The predicted octanol–water partition coefficient (Wildman–Crippen LogP) is 2.83. The first-order chi connectivity index (χ1) is 9.37. The van der Waals surface area contributed by atoms with E-state index in [0.29, 0.717) is 5.56 Å². The third-order valence-electron chi connectivity index (χ3n) is 2.99.